The van der Waals surface area contributed by atoms with Crippen molar-refractivity contribution >= 4 is 5.82 Å². The molecule has 0 aliphatic heterocycles. The Balaban J connectivity index is 3.24. The number of ether oxygens (including phenoxy) is 1. The number of aliphatic hydroxyl groups is 1. The minimum atomic E-state index is -5.13. The van der Waals surface area contributed by atoms with Gasteiger partial charge in [-0.05, 0) is 6.07 Å². The molecular formula is C8H7F5N2O2. The lowest BCUT2D eigenvalue weighted by molar-refractivity contribution is -0.275. The summed E-state index contributed by atoms with van der Waals surface area (Å²) in [5, 5.41) is 8.73. The van der Waals surface area contributed by atoms with E-state index < -0.39 is 36.7 Å². The van der Waals surface area contributed by atoms with Gasteiger partial charge in [0.25, 0.3) is 6.43 Å². The van der Waals surface area contributed by atoms with Crippen molar-refractivity contribution in [1.82, 2.24) is 4.98 Å². The van der Waals surface area contributed by atoms with Crippen LogP contribution in [0.1, 0.15) is 17.7 Å². The maximum absolute atomic E-state index is 12.4. The van der Waals surface area contributed by atoms with E-state index in [1.54, 1.807) is 0 Å². The highest BCUT2D eigenvalue weighted by Crippen LogP contribution is 2.33. The summed E-state index contributed by atoms with van der Waals surface area (Å²) in [6.07, 6.45) is -8.41. The average Bonchev–Trinajstić information content (AvgIpc) is 2.17. The lowest BCUT2D eigenvalue weighted by Crippen LogP contribution is -2.19. The number of hydrogen-bond acceptors (Lipinski definition) is 4. The van der Waals surface area contributed by atoms with E-state index in [1.165, 1.54) is 0 Å². The number of aliphatic hydroxyl groups excluding tert-OH is 1. The average molecular weight is 258 g/mol. The summed E-state index contributed by atoms with van der Waals surface area (Å²) in [6, 6.07) is 0.581. The Labute approximate surface area is 91.8 Å². The molecule has 0 aliphatic rings. The molecule has 0 spiro atoms. The molecule has 0 aliphatic carbocycles. The molecular weight excluding hydrogens is 251 g/mol. The third-order valence-electron chi connectivity index (χ3n) is 1.73. The zero-order chi connectivity index (χ0) is 13.2. The third-order valence-corrected chi connectivity index (χ3v) is 1.73. The van der Waals surface area contributed by atoms with Crippen LogP contribution in [-0.4, -0.2) is 16.5 Å². The Morgan fingerprint density at radius 1 is 1.41 bits per heavy atom. The second-order valence-electron chi connectivity index (χ2n) is 2.92. The molecule has 1 aromatic rings. The lowest BCUT2D eigenvalue weighted by atomic mass is 10.2. The van der Waals surface area contributed by atoms with Crippen LogP contribution >= 0.6 is 0 Å². The van der Waals surface area contributed by atoms with Gasteiger partial charge in [0, 0.05) is 5.56 Å². The predicted molar refractivity (Wildman–Crippen MR) is 46.2 cm³/mol. The number of anilines is 1. The van der Waals surface area contributed by atoms with Gasteiger partial charge in [0.2, 0.25) is 0 Å². The molecule has 3 N–H and O–H groups in total. The van der Waals surface area contributed by atoms with Crippen LogP contribution in [0, 0.1) is 0 Å². The molecule has 0 aromatic carbocycles. The van der Waals surface area contributed by atoms with E-state index in [9.17, 15) is 22.0 Å². The molecule has 96 valence electrons. The van der Waals surface area contributed by atoms with Crippen LogP contribution in [-0.2, 0) is 6.61 Å². The number of aromatic nitrogens is 1. The first-order valence-corrected chi connectivity index (χ1v) is 4.18. The second kappa shape index (κ2) is 4.70. The highest BCUT2D eigenvalue weighted by atomic mass is 19.4. The van der Waals surface area contributed by atoms with Gasteiger partial charge in [-0.25, -0.2) is 13.8 Å². The summed E-state index contributed by atoms with van der Waals surface area (Å²) in [6.45, 7) is -0.740. The standard InChI is InChI=1S/C8H7F5N2O2/c9-6(10)5-4(17-8(11,12)13)1-3(2-16)7(14)15-5/h1,6,16H,2H2,(H2,14,15). The van der Waals surface area contributed by atoms with Crippen molar-refractivity contribution in [2.24, 2.45) is 0 Å². The van der Waals surface area contributed by atoms with Crippen LogP contribution in [0.5, 0.6) is 5.75 Å². The molecule has 1 heterocycles. The number of nitrogen functional groups attached to an aromatic ring is 1. The fourth-order valence-electron chi connectivity index (χ4n) is 1.05. The first-order valence-electron chi connectivity index (χ1n) is 4.18. The van der Waals surface area contributed by atoms with Crippen molar-refractivity contribution in [3.8, 4) is 5.75 Å². The van der Waals surface area contributed by atoms with Gasteiger partial charge in [0.1, 0.15) is 5.82 Å². The molecule has 17 heavy (non-hydrogen) atoms. The van der Waals surface area contributed by atoms with Crippen LogP contribution < -0.4 is 10.5 Å². The largest absolute Gasteiger partial charge is 0.573 e. The van der Waals surface area contributed by atoms with E-state index in [0.29, 0.717) is 6.07 Å². The minimum Gasteiger partial charge on any atom is -0.404 e. The molecule has 4 nitrogen and oxygen atoms in total. The number of rotatable bonds is 3. The maximum Gasteiger partial charge on any atom is 0.573 e. The molecule has 0 bridgehead atoms. The Hall–Kier alpha value is -1.64. The van der Waals surface area contributed by atoms with Gasteiger partial charge in [-0.1, -0.05) is 0 Å². The lowest BCUT2D eigenvalue weighted by Gasteiger charge is -2.14. The Kier molecular flexibility index (Phi) is 3.71. The van der Waals surface area contributed by atoms with Crippen molar-refractivity contribution < 1.29 is 31.8 Å². The number of halogens is 5. The maximum atomic E-state index is 12.4. The van der Waals surface area contributed by atoms with Crippen LogP contribution in [0.3, 0.4) is 0 Å². The minimum absolute atomic E-state index is 0.228. The molecule has 1 aromatic heterocycles. The van der Waals surface area contributed by atoms with Gasteiger partial charge in [-0.3, -0.25) is 0 Å². The van der Waals surface area contributed by atoms with Crippen LogP contribution in [0.15, 0.2) is 6.07 Å². The quantitative estimate of drug-likeness (QED) is 0.813. The molecule has 1 rings (SSSR count). The summed E-state index contributed by atoms with van der Waals surface area (Å²) in [5.74, 6) is -1.65. The molecule has 0 saturated carbocycles. The summed E-state index contributed by atoms with van der Waals surface area (Å²) in [7, 11) is 0. The summed E-state index contributed by atoms with van der Waals surface area (Å²) >= 11 is 0. The highest BCUT2D eigenvalue weighted by Gasteiger charge is 2.34. The third kappa shape index (κ3) is 3.41. The van der Waals surface area contributed by atoms with Gasteiger partial charge in [-0.2, -0.15) is 0 Å². The number of nitrogens with two attached hydrogens (primary N) is 1. The Morgan fingerprint density at radius 2 is 2.00 bits per heavy atom. The summed E-state index contributed by atoms with van der Waals surface area (Å²) in [5.41, 5.74) is 3.71. The van der Waals surface area contributed by atoms with Gasteiger partial charge >= 0.3 is 6.36 Å². The van der Waals surface area contributed by atoms with Crippen molar-refractivity contribution in [3.63, 3.8) is 0 Å². The molecule has 0 saturated heterocycles. The Bertz CT molecular complexity index is 408. The fraction of sp³-hybridized carbons (Fsp3) is 0.375. The first-order chi connectivity index (χ1) is 7.74. The van der Waals surface area contributed by atoms with Crippen LogP contribution in [0.4, 0.5) is 27.8 Å². The zero-order valence-corrected chi connectivity index (χ0v) is 8.13. The normalized spacial score (nSPS) is 11.9. The topological polar surface area (TPSA) is 68.4 Å². The second-order valence-corrected chi connectivity index (χ2v) is 2.92. The van der Waals surface area contributed by atoms with E-state index in [1.807, 2.05) is 0 Å². The molecule has 9 heteroatoms. The number of pyridine rings is 1. The van der Waals surface area contributed by atoms with Crippen LogP contribution in [0.2, 0.25) is 0 Å². The van der Waals surface area contributed by atoms with E-state index in [-0.39, 0.29) is 5.56 Å². The van der Waals surface area contributed by atoms with Crippen molar-refractivity contribution in [3.05, 3.63) is 17.3 Å². The molecule has 0 atom stereocenters. The molecule has 0 unspecified atom stereocenters. The number of alkyl halides is 5. The number of hydrogen-bond donors (Lipinski definition) is 2. The molecule has 0 fully saturated rings. The molecule has 0 amide bonds. The zero-order valence-electron chi connectivity index (χ0n) is 8.13. The van der Waals surface area contributed by atoms with Crippen molar-refractivity contribution in [2.75, 3.05) is 5.73 Å². The first kappa shape index (κ1) is 13.4. The van der Waals surface area contributed by atoms with Crippen LogP contribution in [0.25, 0.3) is 0 Å². The fourth-order valence-corrected chi connectivity index (χ4v) is 1.05. The molecule has 0 radical (unpaired) electrons. The smallest absolute Gasteiger partial charge is 0.404 e. The SMILES string of the molecule is Nc1nc(C(F)F)c(OC(F)(F)F)cc1CO. The van der Waals surface area contributed by atoms with Gasteiger partial charge in [0.15, 0.2) is 11.4 Å². The van der Waals surface area contributed by atoms with E-state index in [0.717, 1.165) is 0 Å². The summed E-state index contributed by atoms with van der Waals surface area (Å²) in [4.78, 5) is 3.07. The van der Waals surface area contributed by atoms with Gasteiger partial charge in [0.05, 0.1) is 6.61 Å². The van der Waals surface area contributed by atoms with Crippen molar-refractivity contribution in [2.45, 2.75) is 19.4 Å². The monoisotopic (exact) mass is 258 g/mol. The van der Waals surface area contributed by atoms with Gasteiger partial charge < -0.3 is 15.6 Å². The predicted octanol–water partition coefficient (Wildman–Crippen LogP) is 1.99. The Morgan fingerprint density at radius 3 is 2.41 bits per heavy atom. The number of nitrogens with zero attached hydrogens (tertiary/aromatic N) is 1. The van der Waals surface area contributed by atoms with Crippen molar-refractivity contribution in [1.29, 1.82) is 0 Å². The summed E-state index contributed by atoms with van der Waals surface area (Å²) < 4.78 is 64.0. The van der Waals surface area contributed by atoms with Gasteiger partial charge in [-0.15, -0.1) is 13.2 Å². The van der Waals surface area contributed by atoms with E-state index in [2.05, 4.69) is 9.72 Å². The van der Waals surface area contributed by atoms with E-state index >= 15 is 0 Å². The van der Waals surface area contributed by atoms with E-state index in [4.69, 9.17) is 10.8 Å². The highest BCUT2D eigenvalue weighted by molar-refractivity contribution is 5.46.